The van der Waals surface area contributed by atoms with Crippen LogP contribution in [0.2, 0.25) is 16.6 Å². The maximum absolute atomic E-state index is 11.4. The molecule has 0 aliphatic heterocycles. The number of halogens is 1. The van der Waals surface area contributed by atoms with Crippen molar-refractivity contribution in [1.82, 2.24) is 0 Å². The summed E-state index contributed by atoms with van der Waals surface area (Å²) in [5.74, 6) is -0.166. The molecule has 172 valence electrons. The molecule has 2 aromatic carbocycles. The van der Waals surface area contributed by atoms with Crippen molar-refractivity contribution in [2.75, 3.05) is 0 Å². The van der Waals surface area contributed by atoms with Crippen molar-refractivity contribution in [2.45, 2.75) is 64.8 Å². The molecule has 0 atom stereocenters. The molecular formula is C24H31BrN2O4Si. The Morgan fingerprint density at radius 1 is 1.03 bits per heavy atom. The van der Waals surface area contributed by atoms with Crippen LogP contribution in [0.15, 0.2) is 46.9 Å². The van der Waals surface area contributed by atoms with Crippen LogP contribution in [-0.4, -0.2) is 29.9 Å². The Bertz CT molecular complexity index is 978. The minimum absolute atomic E-state index is 0.191. The summed E-state index contributed by atoms with van der Waals surface area (Å²) in [5.41, 5.74) is 11.2. The first-order valence-corrected chi connectivity index (χ1v) is 13.6. The second-order valence-electron chi connectivity index (χ2n) is 8.75. The van der Waals surface area contributed by atoms with Gasteiger partial charge in [-0.3, -0.25) is 0 Å². The average molecular weight is 520 g/mol. The first-order valence-electron chi connectivity index (χ1n) is 10.7. The third kappa shape index (κ3) is 5.68. The van der Waals surface area contributed by atoms with Gasteiger partial charge in [-0.15, -0.1) is 0 Å². The molecule has 0 bridgehead atoms. The Kier molecular flexibility index (Phi) is 8.84. The molecule has 0 radical (unpaired) electrons. The fourth-order valence-corrected chi connectivity index (χ4v) is 10.0. The Morgan fingerprint density at radius 3 is 2.06 bits per heavy atom. The van der Waals surface area contributed by atoms with E-state index in [2.05, 4.69) is 62.3 Å². The number of carboxylic acids is 1. The van der Waals surface area contributed by atoms with E-state index in [1.165, 1.54) is 0 Å². The van der Waals surface area contributed by atoms with E-state index in [0.717, 1.165) is 11.3 Å². The van der Waals surface area contributed by atoms with Crippen LogP contribution in [0.4, 0.5) is 0 Å². The van der Waals surface area contributed by atoms with Gasteiger partial charge in [0.25, 0.3) is 8.32 Å². The van der Waals surface area contributed by atoms with E-state index in [4.69, 9.17) is 14.7 Å². The van der Waals surface area contributed by atoms with Gasteiger partial charge < -0.3 is 19.8 Å². The predicted molar refractivity (Wildman–Crippen MR) is 132 cm³/mol. The normalized spacial score (nSPS) is 11.6. The van der Waals surface area contributed by atoms with E-state index in [0.29, 0.717) is 26.8 Å². The summed E-state index contributed by atoms with van der Waals surface area (Å²) in [6.45, 7) is 13.8. The number of benzene rings is 2. The Morgan fingerprint density at radius 2 is 1.59 bits per heavy atom. The number of carbonyl (C=O) groups is 1. The van der Waals surface area contributed by atoms with Gasteiger partial charge in [0.15, 0.2) is 0 Å². The zero-order chi connectivity index (χ0) is 24.1. The highest BCUT2D eigenvalue weighted by atomic mass is 79.9. The summed E-state index contributed by atoms with van der Waals surface area (Å²) in [5, 5.41) is 9.30. The zero-order valence-electron chi connectivity index (χ0n) is 19.4. The number of carboxylic acid groups (broad SMARTS) is 1. The summed E-state index contributed by atoms with van der Waals surface area (Å²) >= 11 is 3.31. The van der Waals surface area contributed by atoms with Gasteiger partial charge in [-0.2, -0.15) is 4.79 Å². The first kappa shape index (κ1) is 25.8. The molecule has 8 heteroatoms. The third-order valence-electron chi connectivity index (χ3n) is 5.82. The van der Waals surface area contributed by atoms with Crippen molar-refractivity contribution < 1.29 is 23.9 Å². The summed E-state index contributed by atoms with van der Waals surface area (Å²) < 4.78 is 13.2. The molecule has 0 saturated carbocycles. The van der Waals surface area contributed by atoms with Gasteiger partial charge >= 0.3 is 11.7 Å². The van der Waals surface area contributed by atoms with Crippen molar-refractivity contribution in [3.05, 3.63) is 63.6 Å². The molecule has 1 N–H and O–H groups in total. The summed E-state index contributed by atoms with van der Waals surface area (Å²) in [6, 6.07) is 12.8. The minimum Gasteiger partial charge on any atom is -0.543 e. The maximum atomic E-state index is 11.4. The molecular weight excluding hydrogens is 488 g/mol. The molecule has 0 amide bonds. The molecule has 0 aliphatic rings. The van der Waals surface area contributed by atoms with Crippen molar-refractivity contribution >= 4 is 35.9 Å². The second kappa shape index (κ2) is 10.9. The highest BCUT2D eigenvalue weighted by Crippen LogP contribution is 2.42. The molecule has 6 nitrogen and oxygen atoms in total. The average Bonchev–Trinajstić information content (AvgIpc) is 2.71. The van der Waals surface area contributed by atoms with E-state index < -0.39 is 20.0 Å². The van der Waals surface area contributed by atoms with E-state index in [-0.39, 0.29) is 12.2 Å². The number of nitrogens with zero attached hydrogens (tertiary/aromatic N) is 2. The van der Waals surface area contributed by atoms with Gasteiger partial charge in [0, 0.05) is 4.47 Å². The van der Waals surface area contributed by atoms with Crippen LogP contribution in [-0.2, 0) is 11.4 Å². The van der Waals surface area contributed by atoms with Gasteiger partial charge in [-0.25, -0.2) is 4.79 Å². The lowest BCUT2D eigenvalue weighted by atomic mass is 10.1. The lowest BCUT2D eigenvalue weighted by Gasteiger charge is -2.42. The standard InChI is InChI=1S/C24H31BrN2O4Si/c1-15(2)32(16(3)4,17(5)6)31-20-10-7-18(8-11-20)14-30-22-12-9-19(25)13-21(22)23(27-26)24(28)29/h7-13,15-17H,14H2,1-6H3,(H,28,29). The van der Waals surface area contributed by atoms with Crippen molar-refractivity contribution in [3.63, 3.8) is 0 Å². The smallest absolute Gasteiger partial charge is 0.420 e. The molecule has 0 fully saturated rings. The Labute approximate surface area is 199 Å². The fourth-order valence-electron chi connectivity index (χ4n) is 4.40. The van der Waals surface area contributed by atoms with Gasteiger partial charge in [-0.05, 0) is 52.5 Å². The van der Waals surface area contributed by atoms with Gasteiger partial charge in [0.2, 0.25) is 0 Å². The van der Waals surface area contributed by atoms with Crippen molar-refractivity contribution in [2.24, 2.45) is 0 Å². The Hall–Kier alpha value is -2.41. The summed E-state index contributed by atoms with van der Waals surface area (Å²) in [7, 11) is -2.03. The topological polar surface area (TPSA) is 92.2 Å². The van der Waals surface area contributed by atoms with Crippen LogP contribution in [0.5, 0.6) is 11.5 Å². The highest BCUT2D eigenvalue weighted by Gasteiger charge is 2.46. The molecule has 0 unspecified atom stereocenters. The Balaban J connectivity index is 2.21. The molecule has 0 aliphatic carbocycles. The van der Waals surface area contributed by atoms with Gasteiger partial charge in [0.05, 0.1) is 0 Å². The summed E-state index contributed by atoms with van der Waals surface area (Å²) in [4.78, 5) is 14.3. The first-order chi connectivity index (χ1) is 15.0. The minimum atomic E-state index is -2.03. The molecule has 2 aromatic rings. The van der Waals surface area contributed by atoms with Crippen LogP contribution in [0.1, 0.15) is 52.7 Å². The molecule has 2 rings (SSSR count). The van der Waals surface area contributed by atoms with Crippen LogP contribution in [0, 0.1) is 0 Å². The number of hydrogen-bond donors (Lipinski definition) is 1. The quantitative estimate of drug-likeness (QED) is 0.164. The molecule has 0 aromatic heterocycles. The van der Waals surface area contributed by atoms with E-state index in [1.54, 1.807) is 18.2 Å². The van der Waals surface area contributed by atoms with Crippen LogP contribution < -0.4 is 9.16 Å². The molecule has 0 heterocycles. The zero-order valence-corrected chi connectivity index (χ0v) is 22.0. The third-order valence-corrected chi connectivity index (χ3v) is 12.3. The number of aliphatic carboxylic acids is 1. The maximum Gasteiger partial charge on any atom is 0.420 e. The molecule has 0 saturated heterocycles. The van der Waals surface area contributed by atoms with Gasteiger partial charge in [-0.1, -0.05) is 69.6 Å². The monoisotopic (exact) mass is 518 g/mol. The highest BCUT2D eigenvalue weighted by molar-refractivity contribution is 9.10. The SMILES string of the molecule is CC(C)[Si](Oc1ccc(COc2ccc(Br)cc2C(=[N+]=[N-])C(=O)O)cc1)(C(C)C)C(C)C. The number of hydrogen-bond acceptors (Lipinski definition) is 3. The number of ether oxygens (including phenoxy) is 1. The lowest BCUT2D eigenvalue weighted by molar-refractivity contribution is -0.133. The van der Waals surface area contributed by atoms with Crippen molar-refractivity contribution in [1.29, 1.82) is 0 Å². The largest absolute Gasteiger partial charge is 0.543 e. The van der Waals surface area contributed by atoms with Crippen LogP contribution in [0.3, 0.4) is 0 Å². The number of rotatable bonds is 10. The van der Waals surface area contributed by atoms with Gasteiger partial charge in [0.1, 0.15) is 23.7 Å². The van der Waals surface area contributed by atoms with Crippen LogP contribution in [0.25, 0.3) is 5.53 Å². The lowest BCUT2D eigenvalue weighted by Crippen LogP contribution is -2.50. The van der Waals surface area contributed by atoms with E-state index >= 15 is 0 Å². The summed E-state index contributed by atoms with van der Waals surface area (Å²) in [6.07, 6.45) is 0. The van der Waals surface area contributed by atoms with Crippen molar-refractivity contribution in [3.8, 4) is 11.5 Å². The fraction of sp³-hybridized carbons (Fsp3) is 0.417. The predicted octanol–water partition coefficient (Wildman–Crippen LogP) is 6.69. The van der Waals surface area contributed by atoms with E-state index in [9.17, 15) is 9.90 Å². The molecule has 32 heavy (non-hydrogen) atoms. The van der Waals surface area contributed by atoms with Crippen LogP contribution >= 0.6 is 15.9 Å². The van der Waals surface area contributed by atoms with E-state index in [1.807, 2.05) is 24.3 Å². The molecule has 0 spiro atoms. The second-order valence-corrected chi connectivity index (χ2v) is 15.0.